The van der Waals surface area contributed by atoms with Crippen molar-refractivity contribution in [1.29, 1.82) is 0 Å². The summed E-state index contributed by atoms with van der Waals surface area (Å²) in [6.45, 7) is 3.76. The highest BCUT2D eigenvalue weighted by Gasteiger charge is 2.27. The molecule has 6 nitrogen and oxygen atoms in total. The molecule has 3 aromatic rings. The number of hydroxylamine groups is 1. The first-order valence-corrected chi connectivity index (χ1v) is 10.8. The van der Waals surface area contributed by atoms with Crippen LogP contribution in [0.2, 0.25) is 0 Å². The topological polar surface area (TPSA) is 88.6 Å². The molecular formula is C25H29N3O3. The molecule has 1 aliphatic carbocycles. The zero-order valence-corrected chi connectivity index (χ0v) is 17.8. The van der Waals surface area contributed by atoms with Gasteiger partial charge >= 0.3 is 0 Å². The van der Waals surface area contributed by atoms with E-state index in [1.54, 1.807) is 11.6 Å². The Kier molecular flexibility index (Phi) is 6.51. The average Bonchev–Trinajstić information content (AvgIpc) is 3.38. The number of nitrogens with one attached hydrogen (secondary N) is 2. The molecule has 1 aliphatic rings. The first-order chi connectivity index (χ1) is 15.1. The number of fused-ring (bicyclic) bond motifs is 2. The highest BCUT2D eigenvalue weighted by Crippen LogP contribution is 2.36. The van der Waals surface area contributed by atoms with Gasteiger partial charge in [-0.1, -0.05) is 30.3 Å². The number of carbonyl (C=O) groups excluding carboxylic acids is 1. The third-order valence-corrected chi connectivity index (χ3v) is 6.17. The van der Waals surface area contributed by atoms with E-state index in [1.165, 1.54) is 39.2 Å². The quantitative estimate of drug-likeness (QED) is 0.256. The highest BCUT2D eigenvalue weighted by atomic mass is 16.5. The average molecular weight is 420 g/mol. The van der Waals surface area contributed by atoms with Gasteiger partial charge in [0.1, 0.15) is 0 Å². The van der Waals surface area contributed by atoms with Gasteiger partial charge in [-0.25, -0.2) is 5.48 Å². The summed E-state index contributed by atoms with van der Waals surface area (Å²) in [7, 11) is 0. The smallest absolute Gasteiger partial charge is 0.267 e. The number of amides is 1. The number of nitrogens with zero attached hydrogens (tertiary/aromatic N) is 1. The van der Waals surface area contributed by atoms with Gasteiger partial charge in [0, 0.05) is 42.3 Å². The van der Waals surface area contributed by atoms with Crippen LogP contribution in [0.25, 0.3) is 17.0 Å². The number of carbonyl (C=O) groups is 1. The van der Waals surface area contributed by atoms with E-state index < -0.39 is 5.91 Å². The normalized spacial score (nSPS) is 15.8. The van der Waals surface area contributed by atoms with E-state index in [2.05, 4.69) is 53.3 Å². The van der Waals surface area contributed by atoms with Gasteiger partial charge in [-0.05, 0) is 66.1 Å². The molecular weight excluding hydrogens is 390 g/mol. The molecule has 6 heteroatoms. The van der Waals surface area contributed by atoms with E-state index in [-0.39, 0.29) is 12.6 Å². The number of hydrogen-bond donors (Lipinski definition) is 4. The van der Waals surface area contributed by atoms with E-state index in [9.17, 15) is 9.90 Å². The van der Waals surface area contributed by atoms with Crippen molar-refractivity contribution in [3.63, 3.8) is 0 Å². The van der Waals surface area contributed by atoms with E-state index in [0.717, 1.165) is 31.4 Å². The number of aliphatic hydroxyl groups excluding tert-OH is 1. The Balaban J connectivity index is 1.49. The minimum Gasteiger partial charge on any atom is -0.395 e. The van der Waals surface area contributed by atoms with Crippen molar-refractivity contribution in [2.24, 2.45) is 0 Å². The number of aryl methyl sites for hydroxylation is 2. The van der Waals surface area contributed by atoms with Crippen molar-refractivity contribution < 1.29 is 15.1 Å². The molecule has 0 saturated heterocycles. The third kappa shape index (κ3) is 4.71. The number of rotatable bonds is 8. The largest absolute Gasteiger partial charge is 0.395 e. The maximum atomic E-state index is 11.2. The number of benzene rings is 2. The molecule has 4 rings (SSSR count). The summed E-state index contributed by atoms with van der Waals surface area (Å²) < 4.78 is 0. The van der Waals surface area contributed by atoms with Crippen molar-refractivity contribution in [3.8, 4) is 0 Å². The fourth-order valence-electron chi connectivity index (χ4n) is 4.63. The molecule has 4 N–H and O–H groups in total. The molecule has 0 bridgehead atoms. The van der Waals surface area contributed by atoms with Gasteiger partial charge in [-0.15, -0.1) is 0 Å². The van der Waals surface area contributed by atoms with Crippen molar-refractivity contribution in [2.75, 3.05) is 19.7 Å². The lowest BCUT2D eigenvalue weighted by Gasteiger charge is -2.29. The van der Waals surface area contributed by atoms with Crippen LogP contribution in [-0.4, -0.2) is 45.8 Å². The van der Waals surface area contributed by atoms with Crippen LogP contribution in [0.15, 0.2) is 48.7 Å². The molecule has 1 aromatic heterocycles. The van der Waals surface area contributed by atoms with Crippen LogP contribution >= 0.6 is 0 Å². The Morgan fingerprint density at radius 2 is 2.13 bits per heavy atom. The maximum Gasteiger partial charge on any atom is 0.267 e. The summed E-state index contributed by atoms with van der Waals surface area (Å²) in [4.78, 5) is 17.0. The van der Waals surface area contributed by atoms with Crippen LogP contribution in [0, 0.1) is 6.92 Å². The van der Waals surface area contributed by atoms with Crippen molar-refractivity contribution in [2.45, 2.75) is 32.2 Å². The molecule has 162 valence electrons. The summed E-state index contributed by atoms with van der Waals surface area (Å²) in [5.74, 6) is -0.542. The van der Waals surface area contributed by atoms with Gasteiger partial charge in [0.2, 0.25) is 0 Å². The molecule has 31 heavy (non-hydrogen) atoms. The summed E-state index contributed by atoms with van der Waals surface area (Å²) in [5, 5.41) is 19.6. The lowest BCUT2D eigenvalue weighted by Crippen LogP contribution is -2.32. The summed E-state index contributed by atoms with van der Waals surface area (Å²) >= 11 is 0. The Bertz CT molecular complexity index is 1100. The number of aliphatic hydroxyl groups is 1. The molecule has 1 heterocycles. The second-order valence-corrected chi connectivity index (χ2v) is 8.19. The number of H-pyrrole nitrogens is 1. The minimum absolute atomic E-state index is 0.135. The Morgan fingerprint density at radius 3 is 2.94 bits per heavy atom. The molecule has 1 unspecified atom stereocenters. The van der Waals surface area contributed by atoms with Gasteiger partial charge in [-0.3, -0.25) is 14.9 Å². The van der Waals surface area contributed by atoms with Gasteiger partial charge in [0.05, 0.1) is 6.61 Å². The van der Waals surface area contributed by atoms with Crippen molar-refractivity contribution in [3.05, 3.63) is 76.5 Å². The van der Waals surface area contributed by atoms with Crippen LogP contribution in [0.3, 0.4) is 0 Å². The highest BCUT2D eigenvalue weighted by molar-refractivity contribution is 5.90. The standard InChI is InChI=1S/C25H29N3O3/c1-17-2-6-21-20(16-26-23(21)14-17)10-11-28(12-13-29)24-8-5-19-15-18(3-7-22(19)24)4-9-25(30)27-31/h2-4,6-7,9,14-16,24,26,29,31H,5,8,10-13H2,1H3,(H,27,30)/b9-4+. The van der Waals surface area contributed by atoms with Crippen LogP contribution in [0.1, 0.15) is 40.3 Å². The van der Waals surface area contributed by atoms with Gasteiger partial charge in [-0.2, -0.15) is 0 Å². The predicted octanol–water partition coefficient (Wildman–Crippen LogP) is 3.52. The van der Waals surface area contributed by atoms with Crippen LogP contribution in [0.4, 0.5) is 0 Å². The maximum absolute atomic E-state index is 11.2. The predicted molar refractivity (Wildman–Crippen MR) is 122 cm³/mol. The molecule has 0 saturated carbocycles. The molecule has 0 fully saturated rings. The van der Waals surface area contributed by atoms with Crippen LogP contribution in [-0.2, 0) is 17.6 Å². The molecule has 0 radical (unpaired) electrons. The van der Waals surface area contributed by atoms with Crippen molar-refractivity contribution >= 4 is 22.9 Å². The molecule has 1 atom stereocenters. The minimum atomic E-state index is -0.542. The second kappa shape index (κ2) is 9.47. The fourth-order valence-corrected chi connectivity index (χ4v) is 4.63. The monoisotopic (exact) mass is 419 g/mol. The Morgan fingerprint density at radius 1 is 1.26 bits per heavy atom. The van der Waals surface area contributed by atoms with Crippen LogP contribution in [0.5, 0.6) is 0 Å². The van der Waals surface area contributed by atoms with Crippen molar-refractivity contribution in [1.82, 2.24) is 15.4 Å². The lowest BCUT2D eigenvalue weighted by molar-refractivity contribution is -0.124. The fraction of sp³-hybridized carbons (Fsp3) is 0.320. The van der Waals surface area contributed by atoms with Gasteiger partial charge in [0.25, 0.3) is 5.91 Å². The second-order valence-electron chi connectivity index (χ2n) is 8.19. The van der Waals surface area contributed by atoms with Gasteiger partial charge in [0.15, 0.2) is 0 Å². The summed E-state index contributed by atoms with van der Waals surface area (Å²) in [6.07, 6.45) is 8.03. The summed E-state index contributed by atoms with van der Waals surface area (Å²) in [5.41, 5.74) is 8.84. The number of aromatic amines is 1. The molecule has 0 aliphatic heterocycles. The summed E-state index contributed by atoms with van der Waals surface area (Å²) in [6, 6.07) is 13.0. The Labute approximate surface area is 182 Å². The first-order valence-electron chi connectivity index (χ1n) is 10.8. The zero-order valence-electron chi connectivity index (χ0n) is 17.8. The van der Waals surface area contributed by atoms with E-state index >= 15 is 0 Å². The zero-order chi connectivity index (χ0) is 21.8. The third-order valence-electron chi connectivity index (χ3n) is 6.17. The molecule has 2 aromatic carbocycles. The van der Waals surface area contributed by atoms with E-state index in [4.69, 9.17) is 5.21 Å². The lowest BCUT2D eigenvalue weighted by atomic mass is 10.0. The van der Waals surface area contributed by atoms with E-state index in [0.29, 0.717) is 6.54 Å². The van der Waals surface area contributed by atoms with E-state index in [1.807, 2.05) is 6.07 Å². The van der Waals surface area contributed by atoms with Gasteiger partial charge < -0.3 is 10.1 Å². The number of aromatic nitrogens is 1. The number of hydrogen-bond acceptors (Lipinski definition) is 4. The first kappa shape index (κ1) is 21.3. The van der Waals surface area contributed by atoms with Crippen LogP contribution < -0.4 is 5.48 Å². The molecule has 0 spiro atoms. The molecule has 1 amide bonds. The Hall–Kier alpha value is -2.93. The SMILES string of the molecule is Cc1ccc2c(CCN(CCO)C3CCc4cc(/C=C/C(=O)NO)ccc43)c[nH]c2c1.